The van der Waals surface area contributed by atoms with Crippen LogP contribution in [0.4, 0.5) is 0 Å². The van der Waals surface area contributed by atoms with Crippen LogP contribution in [0.1, 0.15) is 172 Å². The predicted molar refractivity (Wildman–Crippen MR) is 521 cm³/mol. The molecule has 23 N–H and O–H groups in total. The van der Waals surface area contributed by atoms with Gasteiger partial charge in [0.05, 0.1) is 13.2 Å². The molecule has 0 fully saturated rings. The van der Waals surface area contributed by atoms with Crippen molar-refractivity contribution in [2.75, 3.05) is 26.2 Å². The largest absolute Gasteiger partial charge is 0.395 e. The molecule has 4 heterocycles. The van der Waals surface area contributed by atoms with E-state index in [1.54, 1.807) is 106 Å². The molecular formula is C99H141N21O17. The molecular weight excluding hydrogens is 1760 g/mol. The molecule has 0 aliphatic rings. The lowest BCUT2D eigenvalue weighted by Gasteiger charge is -2.31. The highest BCUT2D eigenvalue weighted by atomic mass is 16.3. The van der Waals surface area contributed by atoms with Crippen LogP contribution >= 0.6 is 0 Å². The van der Waals surface area contributed by atoms with Crippen LogP contribution in [0.5, 0.6) is 0 Å². The Kier molecular flexibility index (Phi) is 41.7. The minimum atomic E-state index is -1.49. The first kappa shape index (κ1) is 109. The van der Waals surface area contributed by atoms with Crippen molar-refractivity contribution in [2.45, 2.75) is 260 Å². The maximum absolute atomic E-state index is 15.6. The number of hydrogen-bond donors (Lipinski definition) is 22. The number of unbranched alkanes of at least 4 members (excludes halogenated alkanes) is 1. The fourth-order valence-corrected chi connectivity index (χ4v) is 16.3. The number of rotatable bonds is 55. The van der Waals surface area contributed by atoms with Crippen molar-refractivity contribution in [1.29, 1.82) is 0 Å². The van der Waals surface area contributed by atoms with Gasteiger partial charge >= 0.3 is 0 Å². The van der Waals surface area contributed by atoms with Gasteiger partial charge in [-0.25, -0.2) is 0 Å². The molecule has 0 saturated carbocycles. The summed E-state index contributed by atoms with van der Waals surface area (Å²) in [5, 5.41) is 56.5. The maximum Gasteiger partial charge on any atom is 0.243 e. The number of aromatic amines is 4. The van der Waals surface area contributed by atoms with Gasteiger partial charge in [-0.3, -0.25) is 76.7 Å². The van der Waals surface area contributed by atoms with Crippen LogP contribution in [0.15, 0.2) is 122 Å². The number of aromatic nitrogens is 4. The van der Waals surface area contributed by atoms with Crippen molar-refractivity contribution in [3.8, 4) is 0 Å². The van der Waals surface area contributed by atoms with Gasteiger partial charge in [0, 0.05) is 101 Å². The second-order valence-electron chi connectivity index (χ2n) is 37.9. The Labute approximate surface area is 798 Å². The molecule has 0 spiro atoms. The van der Waals surface area contributed by atoms with E-state index in [2.05, 4.69) is 105 Å². The van der Waals surface area contributed by atoms with Gasteiger partial charge in [0.25, 0.3) is 0 Å². The van der Waals surface area contributed by atoms with Gasteiger partial charge in [-0.15, -0.1) is 0 Å². The summed E-state index contributed by atoms with van der Waals surface area (Å²) in [5.41, 5.74) is 11.5. The first-order valence-corrected chi connectivity index (χ1v) is 47.3. The molecule has 0 aliphatic heterocycles. The molecule has 0 aliphatic carbocycles. The first-order valence-electron chi connectivity index (χ1n) is 47.3. The summed E-state index contributed by atoms with van der Waals surface area (Å²) < 4.78 is 0. The van der Waals surface area contributed by atoms with E-state index >= 15 is 28.8 Å². The van der Waals surface area contributed by atoms with E-state index in [0.29, 0.717) is 51.3 Å². The van der Waals surface area contributed by atoms with Crippen molar-refractivity contribution in [1.82, 2.24) is 105 Å². The molecule has 0 bridgehead atoms. The third kappa shape index (κ3) is 32.1. The number of nitrogens with one attached hydrogen (secondary N) is 20. The molecule has 0 radical (unpaired) electrons. The Hall–Kier alpha value is -13.5. The summed E-state index contributed by atoms with van der Waals surface area (Å²) in [4.78, 5) is 242. The number of carbonyl (C=O) groups excluding carboxylic acids is 16. The minimum absolute atomic E-state index is 0.00258. The Morgan fingerprint density at radius 1 is 0.314 bits per heavy atom. The number of aliphatic hydroxyl groups is 1. The van der Waals surface area contributed by atoms with Crippen LogP contribution in [0, 0.1) is 41.4 Å². The number of aliphatic hydroxyl groups excluding tert-OH is 1. The highest BCUT2D eigenvalue weighted by molar-refractivity contribution is 6.02. The standard InChI is InChI=1S/C99H141N21O17/c1-52(2)39-74(111-86(124)59(15)108-81(123)50-106-96(134)82(55(7)8)107-51-122)90(128)109-60(16)87(125)118-84(57(11)12)98(136)120-85(58(13)14)99(137)119-83(56(9)10)97(135)117-80(45-64-49-105-72-34-24-20-30-68(64)72)93(131)110-73(35-25-26-36-100)89(127)115-78(43-62-47-103-70-32-22-18-28-66(62)70)94(132)113-76(41-54(5)6)92(130)116-79(44-63-48-104-71-33-23-19-29-67(63)71)95(133)112-75(40-53(3)4)91(129)114-77(88(126)101-37-38-121)42-61-46-102-69-31-21-17-27-65(61)69/h17-24,27-34,46-49,51-60,73-80,82-85,102-105,121H,25-26,35-45,50,100H2,1-16H3,(H,101,126)(H,106,134)(H,107,122)(H,108,123)(H,109,128)(H,110,131)(H,111,124)(H,112,133)(H,113,132)(H,114,129)(H,115,127)(H,116,130)(H,117,135)(H,118,125)(H,119,137)(H,120,136)/t59-,60-,73+,74+,75+,76+,77-,78-,79-,80-,82-,83+,84+,85-/m0/s1. The van der Waals surface area contributed by atoms with Crippen LogP contribution in [-0.4, -0.2) is 231 Å². The second-order valence-corrected chi connectivity index (χ2v) is 37.9. The van der Waals surface area contributed by atoms with Crippen LogP contribution in [0.25, 0.3) is 43.6 Å². The van der Waals surface area contributed by atoms with E-state index in [-0.39, 0.29) is 101 Å². The summed E-state index contributed by atoms with van der Waals surface area (Å²) in [7, 11) is 0. The monoisotopic (exact) mass is 1900 g/mol. The van der Waals surface area contributed by atoms with Gasteiger partial charge in [0.15, 0.2) is 0 Å². The van der Waals surface area contributed by atoms with Crippen molar-refractivity contribution in [3.63, 3.8) is 0 Å². The van der Waals surface area contributed by atoms with Crippen molar-refractivity contribution in [2.24, 2.45) is 47.2 Å². The Morgan fingerprint density at radius 3 is 0.942 bits per heavy atom. The number of amides is 16. The lowest BCUT2D eigenvalue weighted by molar-refractivity contribution is -0.137. The van der Waals surface area contributed by atoms with E-state index in [1.807, 2.05) is 113 Å². The Bertz CT molecular complexity index is 5480. The molecule has 38 nitrogen and oxygen atoms in total. The normalized spacial score (nSPS) is 14.7. The molecule has 8 aromatic rings. The van der Waals surface area contributed by atoms with Gasteiger partial charge < -0.3 is 116 Å². The highest BCUT2D eigenvalue weighted by Gasteiger charge is 2.41. The van der Waals surface area contributed by atoms with E-state index < -0.39 is 197 Å². The van der Waals surface area contributed by atoms with Crippen molar-refractivity contribution >= 4 is 139 Å². The molecule has 4 aromatic heterocycles. The average Bonchev–Trinajstić information content (AvgIpc) is 1.70. The molecule has 16 amide bonds. The van der Waals surface area contributed by atoms with E-state index in [4.69, 9.17) is 5.73 Å². The predicted octanol–water partition coefficient (Wildman–Crippen LogP) is 3.46. The highest BCUT2D eigenvalue weighted by Crippen LogP contribution is 2.26. The average molecular weight is 1900 g/mol. The smallest absolute Gasteiger partial charge is 0.243 e. The van der Waals surface area contributed by atoms with Crippen molar-refractivity contribution in [3.05, 3.63) is 144 Å². The van der Waals surface area contributed by atoms with Gasteiger partial charge in [-0.05, 0) is 147 Å². The zero-order valence-corrected chi connectivity index (χ0v) is 81.2. The van der Waals surface area contributed by atoms with Crippen LogP contribution in [0.2, 0.25) is 0 Å². The topological polar surface area (TPSA) is 575 Å². The Balaban J connectivity index is 1.01. The number of H-pyrrole nitrogens is 4. The summed E-state index contributed by atoms with van der Waals surface area (Å²) in [6, 6.07) is 11.0. The summed E-state index contributed by atoms with van der Waals surface area (Å²) in [6.45, 7) is 26.2. The van der Waals surface area contributed by atoms with E-state index in [1.165, 1.54) is 13.8 Å². The second kappa shape index (κ2) is 52.5. The lowest BCUT2D eigenvalue weighted by Crippen LogP contribution is -2.62. The third-order valence-electron chi connectivity index (χ3n) is 23.8. The molecule has 0 unspecified atom stereocenters. The van der Waals surface area contributed by atoms with Gasteiger partial charge in [-0.2, -0.15) is 0 Å². The fourth-order valence-electron chi connectivity index (χ4n) is 16.3. The van der Waals surface area contributed by atoms with Gasteiger partial charge in [-0.1, -0.05) is 170 Å². The third-order valence-corrected chi connectivity index (χ3v) is 23.8. The Morgan fingerprint density at radius 2 is 0.599 bits per heavy atom. The van der Waals surface area contributed by atoms with Crippen LogP contribution in [-0.2, 0) is 102 Å². The maximum atomic E-state index is 15.6. The van der Waals surface area contributed by atoms with Gasteiger partial charge in [0.2, 0.25) is 95.0 Å². The van der Waals surface area contributed by atoms with Crippen molar-refractivity contribution < 1.29 is 81.8 Å². The molecule has 4 aromatic carbocycles. The molecule has 137 heavy (non-hydrogen) atoms. The number of para-hydroxylation sites is 4. The van der Waals surface area contributed by atoms with Crippen LogP contribution in [0.3, 0.4) is 0 Å². The zero-order valence-electron chi connectivity index (χ0n) is 81.2. The fraction of sp³-hybridized carbons (Fsp3) is 0.515. The SMILES string of the molecule is CC(C)C[C@@H](NC(=O)[C@H](C)NC(=O)CNC(=O)[C@@H](NC=O)C(C)C)C(=O)N[C@@H](C)C(=O)N[C@@H](C(=O)N[C@H](C(=O)N[C@@H](C(=O)N[C@@H](Cc1c[nH]c2ccccc12)C(=O)N[C@H](CCCCN)C(=O)N[C@@H](Cc1c[nH]c2ccccc12)C(=O)N[C@H](CC(C)C)C(=O)N[C@@H](Cc1c[nH]c2ccccc12)C(=O)N[C@H](CC(C)C)C(=O)N[C@@H](Cc1c[nH]c2ccccc12)C(=O)NCCO)C(C)C)C(C)C)C(C)C. The number of fused-ring (bicyclic) bond motifs is 4. The van der Waals surface area contributed by atoms with E-state index in [0.717, 1.165) is 27.4 Å². The van der Waals surface area contributed by atoms with Gasteiger partial charge in [0.1, 0.15) is 84.6 Å². The minimum Gasteiger partial charge on any atom is -0.395 e. The summed E-state index contributed by atoms with van der Waals surface area (Å²) in [6.07, 6.45) is 7.57. The van der Waals surface area contributed by atoms with Crippen LogP contribution < -0.4 is 90.8 Å². The summed E-state index contributed by atoms with van der Waals surface area (Å²) >= 11 is 0. The molecule has 744 valence electrons. The first-order chi connectivity index (χ1) is 65.1. The molecule has 8 rings (SSSR count). The number of hydrogen-bond acceptors (Lipinski definition) is 18. The lowest BCUT2D eigenvalue weighted by atomic mass is 9.97. The summed E-state index contributed by atoms with van der Waals surface area (Å²) in [5.74, 6) is -14.4. The number of carbonyl (C=O) groups is 16. The number of benzene rings is 4. The molecule has 38 heteroatoms. The molecule has 14 atom stereocenters. The molecule has 0 saturated heterocycles. The van der Waals surface area contributed by atoms with E-state index in [9.17, 15) is 53.1 Å². The quantitative estimate of drug-likeness (QED) is 0.0192. The number of nitrogens with two attached hydrogens (primary N) is 1. The zero-order chi connectivity index (χ0) is 101.